The average Bonchev–Trinajstić information content (AvgIpc) is 3.05. The summed E-state index contributed by atoms with van der Waals surface area (Å²) in [6, 6.07) is 9.90. The summed E-state index contributed by atoms with van der Waals surface area (Å²) in [5, 5.41) is 5.81. The number of hydrogen-bond acceptors (Lipinski definition) is 5. The zero-order valence-corrected chi connectivity index (χ0v) is 14.0. The lowest BCUT2D eigenvalue weighted by Crippen LogP contribution is -2.35. The summed E-state index contributed by atoms with van der Waals surface area (Å²) in [5.74, 6) is -0.120. The molecule has 0 radical (unpaired) electrons. The van der Waals surface area contributed by atoms with E-state index in [1.54, 1.807) is 0 Å². The molecular weight excluding hydrogens is 310 g/mol. The van der Waals surface area contributed by atoms with Gasteiger partial charge in [-0.2, -0.15) is 0 Å². The fourth-order valence-corrected chi connectivity index (χ4v) is 3.35. The van der Waals surface area contributed by atoms with E-state index in [-0.39, 0.29) is 11.9 Å². The third-order valence-electron chi connectivity index (χ3n) is 3.89. The molecule has 2 heterocycles. The molecule has 1 aromatic carbocycles. The van der Waals surface area contributed by atoms with Crippen LogP contribution in [0.1, 0.15) is 34.0 Å². The van der Waals surface area contributed by atoms with E-state index in [9.17, 15) is 4.79 Å². The van der Waals surface area contributed by atoms with E-state index >= 15 is 0 Å². The van der Waals surface area contributed by atoms with Crippen molar-refractivity contribution in [1.29, 1.82) is 0 Å². The fraction of sp³-hybridized carbons (Fsp3) is 0.412. The van der Waals surface area contributed by atoms with E-state index in [4.69, 9.17) is 4.74 Å². The normalized spacial score (nSPS) is 16.9. The maximum Gasteiger partial charge on any atom is 0.271 e. The van der Waals surface area contributed by atoms with Gasteiger partial charge >= 0.3 is 0 Å². The van der Waals surface area contributed by atoms with Gasteiger partial charge in [-0.3, -0.25) is 9.69 Å². The van der Waals surface area contributed by atoms with Crippen molar-refractivity contribution in [3.63, 3.8) is 0 Å². The lowest BCUT2D eigenvalue weighted by atomic mass is 10.1. The maximum absolute atomic E-state index is 12.3. The molecule has 1 aliphatic rings. The van der Waals surface area contributed by atoms with Crippen LogP contribution >= 0.6 is 11.3 Å². The minimum atomic E-state index is -0.120. The highest BCUT2D eigenvalue weighted by Gasteiger charge is 2.17. The van der Waals surface area contributed by atoms with Gasteiger partial charge in [-0.15, -0.1) is 11.3 Å². The van der Waals surface area contributed by atoms with Crippen LogP contribution in [0.5, 0.6) is 0 Å². The number of carbonyl (C=O) groups is 1. The molecular formula is C17H21N3O2S. The molecule has 1 aromatic heterocycles. The quantitative estimate of drug-likeness (QED) is 0.914. The molecule has 1 N–H and O–H groups in total. The number of aromatic nitrogens is 1. The van der Waals surface area contributed by atoms with Gasteiger partial charge in [0.2, 0.25) is 0 Å². The molecule has 122 valence electrons. The Morgan fingerprint density at radius 3 is 2.83 bits per heavy atom. The highest BCUT2D eigenvalue weighted by Crippen LogP contribution is 2.16. The number of nitrogens with one attached hydrogen (secondary N) is 1. The molecule has 0 saturated carbocycles. The van der Waals surface area contributed by atoms with Crippen molar-refractivity contribution in [2.24, 2.45) is 0 Å². The van der Waals surface area contributed by atoms with Gasteiger partial charge in [0, 0.05) is 18.5 Å². The van der Waals surface area contributed by atoms with Gasteiger partial charge in [-0.1, -0.05) is 30.3 Å². The largest absolute Gasteiger partial charge is 0.379 e. The van der Waals surface area contributed by atoms with Crippen molar-refractivity contribution >= 4 is 17.2 Å². The first-order valence-corrected chi connectivity index (χ1v) is 8.70. The summed E-state index contributed by atoms with van der Waals surface area (Å²) >= 11 is 1.54. The highest BCUT2D eigenvalue weighted by molar-refractivity contribution is 7.09. The van der Waals surface area contributed by atoms with Crippen molar-refractivity contribution in [3.05, 3.63) is 52.0 Å². The van der Waals surface area contributed by atoms with Gasteiger partial charge in [0.15, 0.2) is 0 Å². The molecule has 1 amide bonds. The maximum atomic E-state index is 12.3. The monoisotopic (exact) mass is 331 g/mol. The number of carbonyl (C=O) groups excluding carboxylic acids is 1. The number of hydrogen-bond donors (Lipinski definition) is 1. The molecule has 0 bridgehead atoms. The lowest BCUT2D eigenvalue weighted by molar-refractivity contribution is 0.0341. The SMILES string of the molecule is CC(NC(=O)c1csc(CN2CCOCC2)n1)c1ccccc1. The molecule has 0 aliphatic carbocycles. The van der Waals surface area contributed by atoms with E-state index in [0.29, 0.717) is 5.69 Å². The Bertz CT molecular complexity index is 638. The molecule has 1 aliphatic heterocycles. The number of nitrogens with zero attached hydrogens (tertiary/aromatic N) is 2. The Hall–Kier alpha value is -1.76. The molecule has 5 nitrogen and oxygen atoms in total. The summed E-state index contributed by atoms with van der Waals surface area (Å²) in [6.07, 6.45) is 0. The second-order valence-electron chi connectivity index (χ2n) is 5.62. The third kappa shape index (κ3) is 4.37. The topological polar surface area (TPSA) is 54.5 Å². The Balaban J connectivity index is 1.57. The predicted octanol–water partition coefficient (Wildman–Crippen LogP) is 2.47. The number of morpholine rings is 1. The molecule has 1 unspecified atom stereocenters. The Morgan fingerprint density at radius 2 is 2.09 bits per heavy atom. The number of amides is 1. The summed E-state index contributed by atoms with van der Waals surface area (Å²) < 4.78 is 5.34. The number of rotatable bonds is 5. The minimum absolute atomic E-state index is 0.0342. The van der Waals surface area contributed by atoms with Crippen molar-refractivity contribution < 1.29 is 9.53 Å². The van der Waals surface area contributed by atoms with Crippen LogP contribution in [0.25, 0.3) is 0 Å². The van der Waals surface area contributed by atoms with Gasteiger partial charge in [0.1, 0.15) is 10.7 Å². The van der Waals surface area contributed by atoms with Crippen LogP contribution in [-0.4, -0.2) is 42.1 Å². The summed E-state index contributed by atoms with van der Waals surface area (Å²) in [6.45, 7) is 6.16. The summed E-state index contributed by atoms with van der Waals surface area (Å²) in [7, 11) is 0. The first-order valence-electron chi connectivity index (χ1n) is 7.82. The molecule has 1 saturated heterocycles. The second-order valence-corrected chi connectivity index (χ2v) is 6.56. The van der Waals surface area contributed by atoms with Crippen LogP contribution in [-0.2, 0) is 11.3 Å². The van der Waals surface area contributed by atoms with Gasteiger partial charge in [-0.05, 0) is 12.5 Å². The minimum Gasteiger partial charge on any atom is -0.379 e. The van der Waals surface area contributed by atoms with E-state index in [1.165, 1.54) is 11.3 Å². The van der Waals surface area contributed by atoms with Gasteiger partial charge in [0.25, 0.3) is 5.91 Å². The van der Waals surface area contributed by atoms with Crippen LogP contribution < -0.4 is 5.32 Å². The van der Waals surface area contributed by atoms with Crippen LogP contribution in [0.2, 0.25) is 0 Å². The summed E-state index contributed by atoms with van der Waals surface area (Å²) in [4.78, 5) is 19.1. The highest BCUT2D eigenvalue weighted by atomic mass is 32.1. The standard InChI is InChI=1S/C17H21N3O2S/c1-13(14-5-3-2-4-6-14)18-17(21)15-12-23-16(19-15)11-20-7-9-22-10-8-20/h2-6,12-13H,7-11H2,1H3,(H,18,21). The van der Waals surface area contributed by atoms with E-state index in [1.807, 2.05) is 42.6 Å². The van der Waals surface area contributed by atoms with E-state index in [0.717, 1.165) is 43.4 Å². The fourth-order valence-electron chi connectivity index (χ4n) is 2.53. The second kappa shape index (κ2) is 7.68. The van der Waals surface area contributed by atoms with Crippen molar-refractivity contribution in [2.45, 2.75) is 19.5 Å². The smallest absolute Gasteiger partial charge is 0.271 e. The van der Waals surface area contributed by atoms with Crippen LogP contribution in [0.3, 0.4) is 0 Å². The Morgan fingerprint density at radius 1 is 1.35 bits per heavy atom. The number of ether oxygens (including phenoxy) is 1. The molecule has 3 rings (SSSR count). The van der Waals surface area contributed by atoms with Crippen LogP contribution in [0.4, 0.5) is 0 Å². The Kier molecular flexibility index (Phi) is 5.38. The number of benzene rings is 1. The van der Waals surface area contributed by atoms with Crippen molar-refractivity contribution in [2.75, 3.05) is 26.3 Å². The van der Waals surface area contributed by atoms with Gasteiger partial charge < -0.3 is 10.1 Å². The molecule has 0 spiro atoms. The number of thiazole rings is 1. The molecule has 1 fully saturated rings. The molecule has 23 heavy (non-hydrogen) atoms. The summed E-state index contributed by atoms with van der Waals surface area (Å²) in [5.41, 5.74) is 1.59. The lowest BCUT2D eigenvalue weighted by Gasteiger charge is -2.25. The molecule has 1 atom stereocenters. The van der Waals surface area contributed by atoms with Crippen molar-refractivity contribution in [3.8, 4) is 0 Å². The van der Waals surface area contributed by atoms with Crippen LogP contribution in [0, 0.1) is 0 Å². The zero-order chi connectivity index (χ0) is 16.1. The first-order chi connectivity index (χ1) is 11.2. The Labute approximate surface area is 140 Å². The predicted molar refractivity (Wildman–Crippen MR) is 90.5 cm³/mol. The van der Waals surface area contributed by atoms with E-state index in [2.05, 4.69) is 15.2 Å². The van der Waals surface area contributed by atoms with Gasteiger partial charge in [-0.25, -0.2) is 4.98 Å². The average molecular weight is 331 g/mol. The third-order valence-corrected chi connectivity index (χ3v) is 4.73. The van der Waals surface area contributed by atoms with E-state index < -0.39 is 0 Å². The van der Waals surface area contributed by atoms with Crippen molar-refractivity contribution in [1.82, 2.24) is 15.2 Å². The zero-order valence-electron chi connectivity index (χ0n) is 13.2. The first kappa shape index (κ1) is 16.1. The van der Waals surface area contributed by atoms with Gasteiger partial charge in [0.05, 0.1) is 25.8 Å². The van der Waals surface area contributed by atoms with Crippen LogP contribution in [0.15, 0.2) is 35.7 Å². The molecule has 6 heteroatoms. The molecule has 2 aromatic rings.